The first-order valence-electron chi connectivity index (χ1n) is 7.79. The second-order valence-corrected chi connectivity index (χ2v) is 5.99. The average molecular weight is 356 g/mol. The summed E-state index contributed by atoms with van der Waals surface area (Å²) in [5, 5.41) is 3.70. The zero-order valence-corrected chi connectivity index (χ0v) is 14.7. The van der Waals surface area contributed by atoms with Crippen molar-refractivity contribution in [3.63, 3.8) is 0 Å². The molecule has 3 aromatic rings. The fraction of sp³-hybridized carbons (Fsp3) is 0.158. The molecule has 1 heterocycles. The Morgan fingerprint density at radius 3 is 2.64 bits per heavy atom. The summed E-state index contributed by atoms with van der Waals surface area (Å²) < 4.78 is 6.66. The lowest BCUT2D eigenvalue weighted by Crippen LogP contribution is -2.23. The number of hydrogen-bond acceptors (Lipinski definition) is 4. The van der Waals surface area contributed by atoms with E-state index in [0.717, 1.165) is 16.9 Å². The van der Waals surface area contributed by atoms with Gasteiger partial charge in [-0.2, -0.15) is 0 Å². The van der Waals surface area contributed by atoms with E-state index < -0.39 is 0 Å². The van der Waals surface area contributed by atoms with Crippen LogP contribution in [0.2, 0.25) is 5.02 Å². The molecule has 0 fully saturated rings. The first-order chi connectivity index (χ1) is 12.1. The van der Waals surface area contributed by atoms with E-state index >= 15 is 0 Å². The van der Waals surface area contributed by atoms with Gasteiger partial charge < -0.3 is 10.1 Å². The van der Waals surface area contributed by atoms with Gasteiger partial charge in [-0.1, -0.05) is 29.8 Å². The largest absolute Gasteiger partial charge is 0.497 e. The summed E-state index contributed by atoms with van der Waals surface area (Å²) in [7, 11) is 1.63. The summed E-state index contributed by atoms with van der Waals surface area (Å²) in [6.45, 7) is 2.41. The van der Waals surface area contributed by atoms with Gasteiger partial charge in [-0.3, -0.25) is 9.36 Å². The highest BCUT2D eigenvalue weighted by Gasteiger charge is 2.07. The minimum absolute atomic E-state index is 0.226. The van der Waals surface area contributed by atoms with Gasteiger partial charge in [0, 0.05) is 24.0 Å². The van der Waals surface area contributed by atoms with Gasteiger partial charge in [-0.15, -0.1) is 0 Å². The molecule has 0 radical (unpaired) electrons. The van der Waals surface area contributed by atoms with Gasteiger partial charge >= 0.3 is 0 Å². The number of hydrogen-bond donors (Lipinski definition) is 1. The lowest BCUT2D eigenvalue weighted by molar-refractivity contribution is 0.414. The third kappa shape index (κ3) is 3.83. The van der Waals surface area contributed by atoms with Gasteiger partial charge in [0.25, 0.3) is 5.56 Å². The standard InChI is InChI=1S/C19H18ClN3O2/c1-13-3-6-15(11-17(13)20)23-10-9-21-18(19(23)24)22-12-14-4-7-16(25-2)8-5-14/h3-11H,12H2,1-2H3,(H,21,22). The molecule has 6 heteroatoms. The van der Waals surface area contributed by atoms with Crippen molar-refractivity contribution in [3.05, 3.63) is 81.4 Å². The molecule has 0 atom stereocenters. The Morgan fingerprint density at radius 1 is 1.20 bits per heavy atom. The van der Waals surface area contributed by atoms with Gasteiger partial charge in [0.2, 0.25) is 0 Å². The van der Waals surface area contributed by atoms with Crippen molar-refractivity contribution in [3.8, 4) is 11.4 Å². The zero-order valence-electron chi connectivity index (χ0n) is 14.0. The Hall–Kier alpha value is -2.79. The van der Waals surface area contributed by atoms with E-state index in [0.29, 0.717) is 17.3 Å². The van der Waals surface area contributed by atoms with Crippen LogP contribution < -0.4 is 15.6 Å². The van der Waals surface area contributed by atoms with Crippen LogP contribution in [0.15, 0.2) is 59.7 Å². The third-order valence-electron chi connectivity index (χ3n) is 3.89. The average Bonchev–Trinajstić information content (AvgIpc) is 2.64. The Bertz CT molecular complexity index is 936. The van der Waals surface area contributed by atoms with Crippen LogP contribution in [0.1, 0.15) is 11.1 Å². The molecule has 25 heavy (non-hydrogen) atoms. The number of nitrogens with one attached hydrogen (secondary N) is 1. The number of aryl methyl sites for hydroxylation is 1. The van der Waals surface area contributed by atoms with Crippen LogP contribution in [-0.4, -0.2) is 16.7 Å². The molecule has 1 aromatic heterocycles. The number of nitrogens with zero attached hydrogens (tertiary/aromatic N) is 2. The molecule has 3 rings (SSSR count). The molecule has 0 saturated heterocycles. The molecule has 0 saturated carbocycles. The molecular weight excluding hydrogens is 338 g/mol. The maximum atomic E-state index is 12.7. The lowest BCUT2D eigenvalue weighted by Gasteiger charge is -2.10. The van der Waals surface area contributed by atoms with Crippen LogP contribution in [0.5, 0.6) is 5.75 Å². The van der Waals surface area contributed by atoms with Gasteiger partial charge in [-0.05, 0) is 42.3 Å². The van der Waals surface area contributed by atoms with Crippen LogP contribution in [0, 0.1) is 6.92 Å². The summed E-state index contributed by atoms with van der Waals surface area (Å²) in [6.07, 6.45) is 3.22. The van der Waals surface area contributed by atoms with Crippen LogP contribution in [0.3, 0.4) is 0 Å². The Balaban J connectivity index is 1.83. The number of aromatic nitrogens is 2. The fourth-order valence-electron chi connectivity index (χ4n) is 2.40. The van der Waals surface area contributed by atoms with E-state index in [1.807, 2.05) is 43.3 Å². The highest BCUT2D eigenvalue weighted by atomic mass is 35.5. The molecule has 1 N–H and O–H groups in total. The fourth-order valence-corrected chi connectivity index (χ4v) is 2.57. The summed E-state index contributed by atoms with van der Waals surface area (Å²) in [5.74, 6) is 1.08. The number of anilines is 1. The maximum Gasteiger partial charge on any atom is 0.297 e. The van der Waals surface area contributed by atoms with Gasteiger partial charge in [0.1, 0.15) is 5.75 Å². The second-order valence-electron chi connectivity index (χ2n) is 5.59. The Morgan fingerprint density at radius 2 is 1.96 bits per heavy atom. The minimum Gasteiger partial charge on any atom is -0.497 e. The van der Waals surface area contributed by atoms with E-state index in [1.165, 1.54) is 4.57 Å². The van der Waals surface area contributed by atoms with Crippen LogP contribution in [0.4, 0.5) is 5.82 Å². The molecule has 0 aliphatic carbocycles. The first kappa shape index (κ1) is 17.0. The van der Waals surface area contributed by atoms with Crippen molar-refractivity contribution in [1.82, 2.24) is 9.55 Å². The predicted molar refractivity (Wildman–Crippen MR) is 99.9 cm³/mol. The van der Waals surface area contributed by atoms with Gasteiger partial charge in [-0.25, -0.2) is 4.98 Å². The summed E-state index contributed by atoms with van der Waals surface area (Å²) in [6, 6.07) is 13.1. The van der Waals surface area contributed by atoms with Gasteiger partial charge in [0.15, 0.2) is 5.82 Å². The molecule has 0 amide bonds. The normalized spacial score (nSPS) is 10.5. The smallest absolute Gasteiger partial charge is 0.297 e. The predicted octanol–water partition coefficient (Wildman–Crippen LogP) is 3.82. The molecule has 0 aliphatic rings. The van der Waals surface area contributed by atoms with Crippen molar-refractivity contribution in [2.45, 2.75) is 13.5 Å². The number of halogens is 1. The number of methoxy groups -OCH3 is 1. The molecule has 2 aromatic carbocycles. The summed E-state index contributed by atoms with van der Waals surface area (Å²) in [5.41, 5.74) is 2.47. The number of benzene rings is 2. The van der Waals surface area contributed by atoms with Crippen molar-refractivity contribution in [2.75, 3.05) is 12.4 Å². The summed E-state index contributed by atoms with van der Waals surface area (Å²) >= 11 is 6.16. The second kappa shape index (κ2) is 7.40. The topological polar surface area (TPSA) is 56.1 Å². The highest BCUT2D eigenvalue weighted by molar-refractivity contribution is 6.31. The van der Waals surface area contributed by atoms with E-state index in [4.69, 9.17) is 16.3 Å². The maximum absolute atomic E-state index is 12.7. The Labute approximate surface area is 150 Å². The van der Waals surface area contributed by atoms with E-state index in [9.17, 15) is 4.79 Å². The monoisotopic (exact) mass is 355 g/mol. The molecule has 0 spiro atoms. The van der Waals surface area contributed by atoms with E-state index in [1.54, 1.807) is 25.6 Å². The van der Waals surface area contributed by atoms with E-state index in [-0.39, 0.29) is 11.4 Å². The van der Waals surface area contributed by atoms with Crippen LogP contribution in [-0.2, 0) is 6.54 Å². The Kier molecular flexibility index (Phi) is 5.05. The number of ether oxygens (including phenoxy) is 1. The summed E-state index contributed by atoms with van der Waals surface area (Å²) in [4.78, 5) is 16.8. The van der Waals surface area contributed by atoms with Crippen LogP contribution >= 0.6 is 11.6 Å². The third-order valence-corrected chi connectivity index (χ3v) is 4.30. The molecule has 0 bridgehead atoms. The SMILES string of the molecule is COc1ccc(CNc2nccn(-c3ccc(C)c(Cl)c3)c2=O)cc1. The van der Waals surface area contributed by atoms with Crippen molar-refractivity contribution < 1.29 is 4.74 Å². The lowest BCUT2D eigenvalue weighted by atomic mass is 10.2. The molecular formula is C19H18ClN3O2. The minimum atomic E-state index is -0.226. The van der Waals surface area contributed by atoms with Crippen molar-refractivity contribution >= 4 is 17.4 Å². The highest BCUT2D eigenvalue weighted by Crippen LogP contribution is 2.18. The molecule has 0 unspecified atom stereocenters. The molecule has 0 aliphatic heterocycles. The van der Waals surface area contributed by atoms with Crippen molar-refractivity contribution in [2.24, 2.45) is 0 Å². The van der Waals surface area contributed by atoms with E-state index in [2.05, 4.69) is 10.3 Å². The molecule has 128 valence electrons. The van der Waals surface area contributed by atoms with Gasteiger partial charge in [0.05, 0.1) is 12.8 Å². The quantitative estimate of drug-likeness (QED) is 0.756. The zero-order chi connectivity index (χ0) is 17.8. The number of rotatable bonds is 5. The first-order valence-corrected chi connectivity index (χ1v) is 8.17. The van der Waals surface area contributed by atoms with Crippen molar-refractivity contribution in [1.29, 1.82) is 0 Å². The molecule has 5 nitrogen and oxygen atoms in total. The van der Waals surface area contributed by atoms with Crippen LogP contribution in [0.25, 0.3) is 5.69 Å².